The number of carboxylic acid groups (broad SMARTS) is 1. The lowest BCUT2D eigenvalue weighted by molar-refractivity contribution is 0.0683. The number of nitrogens with two attached hydrogens (primary N) is 1. The fourth-order valence-electron chi connectivity index (χ4n) is 1.76. The van der Waals surface area contributed by atoms with Gasteiger partial charge in [-0.1, -0.05) is 0 Å². The van der Waals surface area contributed by atoms with Crippen molar-refractivity contribution in [2.75, 3.05) is 5.73 Å². The molecular weight excluding hydrogens is 196 g/mol. The molecule has 2 rings (SSSR count). The molecule has 1 aromatic rings. The lowest BCUT2D eigenvalue weighted by Gasteiger charge is -2.10. The van der Waals surface area contributed by atoms with Crippen LogP contribution < -0.4 is 11.3 Å². The molecule has 0 unspecified atom stereocenters. The van der Waals surface area contributed by atoms with Crippen LogP contribution in [0.3, 0.4) is 0 Å². The fourth-order valence-corrected chi connectivity index (χ4v) is 1.76. The predicted molar refractivity (Wildman–Crippen MR) is 55.0 cm³/mol. The van der Waals surface area contributed by atoms with Gasteiger partial charge in [0.05, 0.1) is 5.69 Å². The van der Waals surface area contributed by atoms with E-state index in [1.807, 2.05) is 0 Å². The first-order chi connectivity index (χ1) is 7.02. The van der Waals surface area contributed by atoms with Gasteiger partial charge < -0.3 is 15.4 Å². The van der Waals surface area contributed by atoms with Crippen molar-refractivity contribution in [3.8, 4) is 0 Å². The highest BCUT2D eigenvalue weighted by atomic mass is 16.4. The Kier molecular flexibility index (Phi) is 2.03. The number of hydrogen-bond acceptors (Lipinski definition) is 3. The number of pyridine rings is 1. The summed E-state index contributed by atoms with van der Waals surface area (Å²) in [5, 5.41) is 9.04. The second kappa shape index (κ2) is 3.12. The molecule has 0 radical (unpaired) electrons. The molecular formula is C10H12N2O3. The van der Waals surface area contributed by atoms with E-state index in [9.17, 15) is 9.59 Å². The molecule has 1 fully saturated rings. The van der Waals surface area contributed by atoms with Crippen LogP contribution in [0.15, 0.2) is 10.9 Å². The van der Waals surface area contributed by atoms with Crippen LogP contribution in [0.1, 0.15) is 34.8 Å². The molecule has 0 bridgehead atoms. The predicted octanol–water partition coefficient (Wildman–Crippen LogP) is 0.543. The third kappa shape index (κ3) is 1.49. The Morgan fingerprint density at radius 2 is 2.20 bits per heavy atom. The van der Waals surface area contributed by atoms with Gasteiger partial charge in [0.25, 0.3) is 5.56 Å². The number of nitrogens with zero attached hydrogens (tertiary/aromatic N) is 1. The highest BCUT2D eigenvalue weighted by Gasteiger charge is 2.30. The summed E-state index contributed by atoms with van der Waals surface area (Å²) >= 11 is 0. The van der Waals surface area contributed by atoms with Crippen molar-refractivity contribution in [3.05, 3.63) is 27.7 Å². The second-order valence-corrected chi connectivity index (χ2v) is 3.85. The molecule has 5 nitrogen and oxygen atoms in total. The summed E-state index contributed by atoms with van der Waals surface area (Å²) in [6.07, 6.45) is 1.94. The van der Waals surface area contributed by atoms with E-state index in [1.54, 1.807) is 0 Å². The molecule has 3 N–H and O–H groups in total. The van der Waals surface area contributed by atoms with Gasteiger partial charge in [0, 0.05) is 7.05 Å². The molecule has 1 saturated carbocycles. The molecule has 0 aliphatic heterocycles. The molecule has 5 heteroatoms. The van der Waals surface area contributed by atoms with E-state index in [-0.39, 0.29) is 17.3 Å². The quantitative estimate of drug-likeness (QED) is 0.742. The maximum atomic E-state index is 11.5. The van der Waals surface area contributed by atoms with E-state index >= 15 is 0 Å². The van der Waals surface area contributed by atoms with Crippen molar-refractivity contribution in [2.24, 2.45) is 7.05 Å². The third-order valence-electron chi connectivity index (χ3n) is 2.69. The zero-order valence-corrected chi connectivity index (χ0v) is 8.36. The van der Waals surface area contributed by atoms with Crippen molar-refractivity contribution >= 4 is 11.7 Å². The van der Waals surface area contributed by atoms with Gasteiger partial charge in [0.1, 0.15) is 5.69 Å². The highest BCUT2D eigenvalue weighted by molar-refractivity contribution is 5.88. The molecule has 0 aromatic carbocycles. The summed E-state index contributed by atoms with van der Waals surface area (Å²) in [5.41, 5.74) is 5.95. The maximum absolute atomic E-state index is 11.5. The Balaban J connectivity index is 2.72. The first-order valence-corrected chi connectivity index (χ1v) is 4.75. The van der Waals surface area contributed by atoms with Crippen molar-refractivity contribution in [1.82, 2.24) is 4.57 Å². The Bertz CT molecular complexity index is 486. The number of aromatic nitrogens is 1. The van der Waals surface area contributed by atoms with E-state index in [0.717, 1.165) is 17.4 Å². The molecule has 1 aliphatic rings. The molecule has 0 amide bonds. The van der Waals surface area contributed by atoms with Crippen molar-refractivity contribution in [3.63, 3.8) is 0 Å². The molecule has 1 heterocycles. The molecule has 1 aromatic heterocycles. The zero-order valence-electron chi connectivity index (χ0n) is 8.36. The van der Waals surface area contributed by atoms with Crippen LogP contribution in [0.2, 0.25) is 0 Å². The van der Waals surface area contributed by atoms with Gasteiger partial charge in [0.2, 0.25) is 0 Å². The van der Waals surface area contributed by atoms with Crippen LogP contribution in [-0.2, 0) is 7.05 Å². The Labute approximate surface area is 86.1 Å². The number of aromatic carboxylic acids is 1. The molecule has 0 spiro atoms. The maximum Gasteiger partial charge on any atom is 0.352 e. The number of carbonyl (C=O) groups is 1. The van der Waals surface area contributed by atoms with E-state index in [1.165, 1.54) is 13.1 Å². The van der Waals surface area contributed by atoms with Gasteiger partial charge >= 0.3 is 5.97 Å². The van der Waals surface area contributed by atoms with Gasteiger partial charge in [-0.15, -0.1) is 0 Å². The van der Waals surface area contributed by atoms with Gasteiger partial charge in [-0.3, -0.25) is 4.79 Å². The summed E-state index contributed by atoms with van der Waals surface area (Å²) in [4.78, 5) is 22.5. The number of anilines is 1. The summed E-state index contributed by atoms with van der Waals surface area (Å²) in [5.74, 6) is -0.818. The lowest BCUT2D eigenvalue weighted by atomic mass is 10.1. The number of rotatable bonds is 2. The van der Waals surface area contributed by atoms with E-state index < -0.39 is 11.5 Å². The van der Waals surface area contributed by atoms with Gasteiger partial charge in [-0.25, -0.2) is 4.79 Å². The second-order valence-electron chi connectivity index (χ2n) is 3.85. The SMILES string of the molecule is Cn1c(C(=O)O)c(C2CC2)cc(N)c1=O. The van der Waals surface area contributed by atoms with Gasteiger partial charge in [-0.05, 0) is 30.4 Å². The number of nitrogen functional groups attached to an aromatic ring is 1. The number of hydrogen-bond donors (Lipinski definition) is 2. The lowest BCUT2D eigenvalue weighted by Crippen LogP contribution is -2.27. The van der Waals surface area contributed by atoms with Crippen LogP contribution in [0, 0.1) is 0 Å². The summed E-state index contributed by atoms with van der Waals surface area (Å²) in [7, 11) is 1.44. The van der Waals surface area contributed by atoms with Crippen molar-refractivity contribution in [2.45, 2.75) is 18.8 Å². The molecule has 0 saturated heterocycles. The topological polar surface area (TPSA) is 85.3 Å². The number of carboxylic acids is 1. The Morgan fingerprint density at radius 1 is 1.60 bits per heavy atom. The van der Waals surface area contributed by atoms with Crippen molar-refractivity contribution in [1.29, 1.82) is 0 Å². The summed E-state index contributed by atoms with van der Waals surface area (Å²) in [6, 6.07) is 1.50. The minimum atomic E-state index is -1.07. The first-order valence-electron chi connectivity index (χ1n) is 4.75. The van der Waals surface area contributed by atoms with Crippen molar-refractivity contribution < 1.29 is 9.90 Å². The zero-order chi connectivity index (χ0) is 11.2. The van der Waals surface area contributed by atoms with Gasteiger partial charge in [-0.2, -0.15) is 0 Å². The van der Waals surface area contributed by atoms with Gasteiger partial charge in [0.15, 0.2) is 0 Å². The minimum absolute atomic E-state index is 0.0664. The highest BCUT2D eigenvalue weighted by Crippen LogP contribution is 2.41. The monoisotopic (exact) mass is 208 g/mol. The normalized spacial score (nSPS) is 15.3. The fraction of sp³-hybridized carbons (Fsp3) is 0.400. The minimum Gasteiger partial charge on any atom is -0.477 e. The van der Waals surface area contributed by atoms with Crippen LogP contribution >= 0.6 is 0 Å². The average Bonchev–Trinajstić information content (AvgIpc) is 2.95. The van der Waals surface area contributed by atoms with Crippen LogP contribution in [0.4, 0.5) is 5.69 Å². The third-order valence-corrected chi connectivity index (χ3v) is 2.69. The van der Waals surface area contributed by atoms with E-state index in [0.29, 0.717) is 5.56 Å². The molecule has 0 atom stereocenters. The molecule has 15 heavy (non-hydrogen) atoms. The van der Waals surface area contributed by atoms with Crippen LogP contribution in [0.5, 0.6) is 0 Å². The van der Waals surface area contributed by atoms with Crippen LogP contribution in [0.25, 0.3) is 0 Å². The van der Waals surface area contributed by atoms with Crippen LogP contribution in [-0.4, -0.2) is 15.6 Å². The Morgan fingerprint density at radius 3 is 2.67 bits per heavy atom. The molecule has 1 aliphatic carbocycles. The standard InChI is InChI=1S/C10H12N2O3/c1-12-8(10(14)15)6(5-2-3-5)4-7(11)9(12)13/h4-5H,2-3,11H2,1H3,(H,14,15). The summed E-state index contributed by atoms with van der Waals surface area (Å²) < 4.78 is 1.12. The largest absolute Gasteiger partial charge is 0.477 e. The summed E-state index contributed by atoms with van der Waals surface area (Å²) in [6.45, 7) is 0. The van der Waals surface area contributed by atoms with E-state index in [2.05, 4.69) is 0 Å². The van der Waals surface area contributed by atoms with E-state index in [4.69, 9.17) is 10.8 Å². The smallest absolute Gasteiger partial charge is 0.352 e. The first kappa shape index (κ1) is 9.76. The molecule has 80 valence electrons. The Hall–Kier alpha value is -1.78. The average molecular weight is 208 g/mol.